The Balaban J connectivity index is 1.90. The molecular formula is C14H14N2O4. The number of carboxylic acids is 1. The van der Waals surface area contributed by atoms with Crippen molar-refractivity contribution in [2.75, 3.05) is 0 Å². The van der Waals surface area contributed by atoms with Crippen LogP contribution in [0.2, 0.25) is 0 Å². The summed E-state index contributed by atoms with van der Waals surface area (Å²) < 4.78 is 4.87. The molecule has 0 fully saturated rings. The summed E-state index contributed by atoms with van der Waals surface area (Å²) in [4.78, 5) is 22.5. The standard InChI is InChI=1S/C14H14N2O4/c1-9-5-12(16-20-9)7-13(17)15-8-10-3-2-4-11(6-10)14(18)19/h2-6H,7-8H2,1H3,(H,15,17)(H,18,19). The maximum Gasteiger partial charge on any atom is 0.335 e. The van der Waals surface area contributed by atoms with E-state index in [-0.39, 0.29) is 24.4 Å². The Morgan fingerprint density at radius 1 is 1.35 bits per heavy atom. The molecule has 0 unspecified atom stereocenters. The van der Waals surface area contributed by atoms with Crippen LogP contribution in [0.15, 0.2) is 34.9 Å². The van der Waals surface area contributed by atoms with Crippen molar-refractivity contribution in [2.45, 2.75) is 19.9 Å². The molecule has 6 heteroatoms. The molecule has 2 N–H and O–H groups in total. The van der Waals surface area contributed by atoms with Crippen LogP contribution in [0.25, 0.3) is 0 Å². The van der Waals surface area contributed by atoms with Gasteiger partial charge in [-0.3, -0.25) is 4.79 Å². The second kappa shape index (κ2) is 6.01. The quantitative estimate of drug-likeness (QED) is 0.862. The van der Waals surface area contributed by atoms with Crippen LogP contribution < -0.4 is 5.32 Å². The van der Waals surface area contributed by atoms with Gasteiger partial charge in [-0.25, -0.2) is 4.79 Å². The highest BCUT2D eigenvalue weighted by atomic mass is 16.5. The summed E-state index contributed by atoms with van der Waals surface area (Å²) in [7, 11) is 0. The Kier molecular flexibility index (Phi) is 4.14. The van der Waals surface area contributed by atoms with Crippen LogP contribution >= 0.6 is 0 Å². The summed E-state index contributed by atoms with van der Waals surface area (Å²) in [5.74, 6) is -0.530. The highest BCUT2D eigenvalue weighted by Crippen LogP contribution is 2.06. The second-order valence-corrected chi connectivity index (χ2v) is 4.39. The number of nitrogens with one attached hydrogen (secondary N) is 1. The van der Waals surface area contributed by atoms with Gasteiger partial charge in [0.15, 0.2) is 0 Å². The molecule has 20 heavy (non-hydrogen) atoms. The smallest absolute Gasteiger partial charge is 0.335 e. The number of nitrogens with zero attached hydrogens (tertiary/aromatic N) is 1. The minimum absolute atomic E-state index is 0.135. The van der Waals surface area contributed by atoms with Gasteiger partial charge in [0, 0.05) is 12.6 Å². The Morgan fingerprint density at radius 2 is 2.15 bits per heavy atom. The molecule has 2 rings (SSSR count). The van der Waals surface area contributed by atoms with E-state index in [0.717, 1.165) is 5.56 Å². The number of benzene rings is 1. The summed E-state index contributed by atoms with van der Waals surface area (Å²) in [5.41, 5.74) is 1.50. The lowest BCUT2D eigenvalue weighted by molar-refractivity contribution is -0.120. The fourth-order valence-corrected chi connectivity index (χ4v) is 1.74. The molecule has 0 aliphatic carbocycles. The maximum atomic E-state index is 11.7. The number of hydrogen-bond donors (Lipinski definition) is 2. The zero-order chi connectivity index (χ0) is 14.5. The van der Waals surface area contributed by atoms with E-state index in [1.54, 1.807) is 25.1 Å². The lowest BCUT2D eigenvalue weighted by atomic mass is 10.1. The van der Waals surface area contributed by atoms with Gasteiger partial charge in [-0.05, 0) is 24.6 Å². The van der Waals surface area contributed by atoms with Crippen molar-refractivity contribution in [3.63, 3.8) is 0 Å². The van der Waals surface area contributed by atoms with Crippen molar-refractivity contribution in [1.29, 1.82) is 0 Å². The van der Waals surface area contributed by atoms with E-state index in [1.807, 2.05) is 0 Å². The molecular weight excluding hydrogens is 260 g/mol. The van der Waals surface area contributed by atoms with Crippen LogP contribution in [-0.2, 0) is 17.8 Å². The fourth-order valence-electron chi connectivity index (χ4n) is 1.74. The largest absolute Gasteiger partial charge is 0.478 e. The third-order valence-corrected chi connectivity index (χ3v) is 2.68. The molecule has 0 bridgehead atoms. The molecule has 6 nitrogen and oxygen atoms in total. The molecule has 0 spiro atoms. The van der Waals surface area contributed by atoms with Gasteiger partial charge in [-0.15, -0.1) is 0 Å². The molecule has 1 heterocycles. The summed E-state index contributed by atoms with van der Waals surface area (Å²) >= 11 is 0. The number of aromatic nitrogens is 1. The van der Waals surface area contributed by atoms with Crippen molar-refractivity contribution >= 4 is 11.9 Å². The molecule has 1 aromatic carbocycles. The van der Waals surface area contributed by atoms with Crippen molar-refractivity contribution in [3.8, 4) is 0 Å². The summed E-state index contributed by atoms with van der Waals surface area (Å²) in [6.45, 7) is 2.03. The van der Waals surface area contributed by atoms with E-state index in [0.29, 0.717) is 11.5 Å². The van der Waals surface area contributed by atoms with Gasteiger partial charge in [0.25, 0.3) is 0 Å². The predicted molar refractivity (Wildman–Crippen MR) is 70.2 cm³/mol. The summed E-state index contributed by atoms with van der Waals surface area (Å²) in [6, 6.07) is 8.14. The highest BCUT2D eigenvalue weighted by molar-refractivity contribution is 5.87. The van der Waals surface area contributed by atoms with Gasteiger partial charge in [0.2, 0.25) is 5.91 Å². The minimum Gasteiger partial charge on any atom is -0.478 e. The molecule has 0 radical (unpaired) electrons. The van der Waals surface area contributed by atoms with Crippen LogP contribution in [0, 0.1) is 6.92 Å². The zero-order valence-corrected chi connectivity index (χ0v) is 10.9. The Hall–Kier alpha value is -2.63. The van der Waals surface area contributed by atoms with E-state index in [2.05, 4.69) is 10.5 Å². The van der Waals surface area contributed by atoms with E-state index < -0.39 is 5.97 Å². The number of rotatable bonds is 5. The van der Waals surface area contributed by atoms with E-state index in [9.17, 15) is 9.59 Å². The highest BCUT2D eigenvalue weighted by Gasteiger charge is 2.08. The molecule has 2 aromatic rings. The van der Waals surface area contributed by atoms with Gasteiger partial charge in [-0.1, -0.05) is 17.3 Å². The van der Waals surface area contributed by atoms with Crippen molar-refractivity contribution in [3.05, 3.63) is 52.9 Å². The third-order valence-electron chi connectivity index (χ3n) is 2.68. The summed E-state index contributed by atoms with van der Waals surface area (Å²) in [5, 5.41) is 15.3. The first-order valence-corrected chi connectivity index (χ1v) is 6.06. The number of carbonyl (C=O) groups excluding carboxylic acids is 1. The number of hydrogen-bond acceptors (Lipinski definition) is 4. The number of amides is 1. The topological polar surface area (TPSA) is 92.4 Å². The van der Waals surface area contributed by atoms with Gasteiger partial charge in [-0.2, -0.15) is 0 Å². The Morgan fingerprint density at radius 3 is 2.80 bits per heavy atom. The summed E-state index contributed by atoms with van der Waals surface area (Å²) in [6.07, 6.45) is 0.135. The molecule has 0 saturated carbocycles. The van der Waals surface area contributed by atoms with E-state index in [1.165, 1.54) is 12.1 Å². The lowest BCUT2D eigenvalue weighted by Crippen LogP contribution is -2.24. The zero-order valence-electron chi connectivity index (χ0n) is 10.9. The predicted octanol–water partition coefficient (Wildman–Crippen LogP) is 1.54. The molecule has 0 aliphatic rings. The second-order valence-electron chi connectivity index (χ2n) is 4.39. The van der Waals surface area contributed by atoms with Crippen LogP contribution in [0.1, 0.15) is 27.4 Å². The van der Waals surface area contributed by atoms with E-state index >= 15 is 0 Å². The number of aryl methyl sites for hydroxylation is 1. The van der Waals surface area contributed by atoms with Crippen molar-refractivity contribution in [1.82, 2.24) is 10.5 Å². The molecule has 0 saturated heterocycles. The molecule has 1 aromatic heterocycles. The first-order valence-electron chi connectivity index (χ1n) is 6.06. The SMILES string of the molecule is Cc1cc(CC(=O)NCc2cccc(C(=O)O)c2)no1. The van der Waals surface area contributed by atoms with Crippen LogP contribution in [0.4, 0.5) is 0 Å². The number of aromatic carboxylic acids is 1. The molecule has 104 valence electrons. The third kappa shape index (κ3) is 3.68. The van der Waals surface area contributed by atoms with Crippen molar-refractivity contribution in [2.24, 2.45) is 0 Å². The number of carboxylic acid groups (broad SMARTS) is 1. The normalized spacial score (nSPS) is 10.2. The van der Waals surface area contributed by atoms with Crippen LogP contribution in [-0.4, -0.2) is 22.1 Å². The molecule has 0 atom stereocenters. The monoisotopic (exact) mass is 274 g/mol. The Bertz CT molecular complexity index is 634. The van der Waals surface area contributed by atoms with Crippen LogP contribution in [0.5, 0.6) is 0 Å². The average molecular weight is 274 g/mol. The van der Waals surface area contributed by atoms with Crippen molar-refractivity contribution < 1.29 is 19.2 Å². The Labute approximate surface area is 115 Å². The molecule has 1 amide bonds. The van der Waals surface area contributed by atoms with Crippen LogP contribution in [0.3, 0.4) is 0 Å². The van der Waals surface area contributed by atoms with Gasteiger partial charge in [0.05, 0.1) is 17.7 Å². The molecule has 0 aliphatic heterocycles. The van der Waals surface area contributed by atoms with Gasteiger partial charge >= 0.3 is 5.97 Å². The first-order chi connectivity index (χ1) is 9.54. The van der Waals surface area contributed by atoms with Gasteiger partial charge < -0.3 is 14.9 Å². The average Bonchev–Trinajstić information content (AvgIpc) is 2.82. The first kappa shape index (κ1) is 13.8. The lowest BCUT2D eigenvalue weighted by Gasteiger charge is -2.05. The van der Waals surface area contributed by atoms with E-state index in [4.69, 9.17) is 9.63 Å². The van der Waals surface area contributed by atoms with Gasteiger partial charge in [0.1, 0.15) is 5.76 Å². The fraction of sp³-hybridized carbons (Fsp3) is 0.214. The maximum absolute atomic E-state index is 11.7. The minimum atomic E-state index is -0.990. The number of carbonyl (C=O) groups is 2.